The number of nitrogens with zero attached hydrogens (tertiary/aromatic N) is 1. The zero-order chi connectivity index (χ0) is 17.0. The summed E-state index contributed by atoms with van der Waals surface area (Å²) in [6, 6.07) is 8.17. The molecule has 3 N–H and O–H groups in total. The first-order valence-electron chi connectivity index (χ1n) is 8.67. The molecular weight excluding hydrogens is 377 g/mol. The van der Waals surface area contributed by atoms with Gasteiger partial charge in [-0.1, -0.05) is 6.07 Å². The van der Waals surface area contributed by atoms with Gasteiger partial charge in [-0.15, -0.1) is 24.8 Å². The first-order valence-corrected chi connectivity index (χ1v) is 8.67. The van der Waals surface area contributed by atoms with E-state index in [1.165, 1.54) is 0 Å². The Kier molecular flexibility index (Phi) is 8.96. The van der Waals surface area contributed by atoms with Gasteiger partial charge in [0.1, 0.15) is 5.75 Å². The quantitative estimate of drug-likeness (QED) is 0.801. The number of ether oxygens (including phenoxy) is 2. The molecule has 0 saturated carbocycles. The molecule has 2 saturated heterocycles. The first kappa shape index (κ1) is 22.8. The van der Waals surface area contributed by atoms with Gasteiger partial charge >= 0.3 is 0 Å². The summed E-state index contributed by atoms with van der Waals surface area (Å²) >= 11 is 0. The highest BCUT2D eigenvalue weighted by Crippen LogP contribution is 2.25. The van der Waals surface area contributed by atoms with Crippen LogP contribution in [0.5, 0.6) is 5.75 Å². The standard InChI is InChI=1S/C18H27N3O3.2ClH/c1-23-16-6-2-5-15(12-16)21-9-3-4-14(13-21)20-17(22)18(19)7-10-24-11-8-18;;/h2,5-6,12,14H,3-4,7-11,13,19H2,1H3,(H,20,22);2*1H. The number of rotatable bonds is 4. The molecule has 6 nitrogen and oxygen atoms in total. The van der Waals surface area contributed by atoms with Gasteiger partial charge in [0.05, 0.1) is 12.6 Å². The van der Waals surface area contributed by atoms with Gasteiger partial charge in [-0.3, -0.25) is 4.79 Å². The maximum Gasteiger partial charge on any atom is 0.240 e. The van der Waals surface area contributed by atoms with E-state index in [1.807, 2.05) is 18.2 Å². The number of carbonyl (C=O) groups is 1. The average Bonchev–Trinajstić information content (AvgIpc) is 2.62. The van der Waals surface area contributed by atoms with Gasteiger partial charge in [-0.25, -0.2) is 0 Å². The van der Waals surface area contributed by atoms with E-state index in [0.717, 1.165) is 37.4 Å². The summed E-state index contributed by atoms with van der Waals surface area (Å²) in [5, 5.41) is 3.17. The average molecular weight is 406 g/mol. The van der Waals surface area contributed by atoms with Crippen LogP contribution in [0.25, 0.3) is 0 Å². The number of nitrogens with two attached hydrogens (primary N) is 1. The molecule has 3 rings (SSSR count). The van der Waals surface area contributed by atoms with Crippen molar-refractivity contribution in [2.75, 3.05) is 38.3 Å². The smallest absolute Gasteiger partial charge is 0.240 e. The van der Waals surface area contributed by atoms with E-state index in [-0.39, 0.29) is 36.8 Å². The summed E-state index contributed by atoms with van der Waals surface area (Å²) in [5.41, 5.74) is 6.63. The third-order valence-electron chi connectivity index (χ3n) is 5.01. The van der Waals surface area contributed by atoms with Crippen molar-refractivity contribution in [2.24, 2.45) is 5.73 Å². The van der Waals surface area contributed by atoms with Crippen LogP contribution in [0.3, 0.4) is 0 Å². The van der Waals surface area contributed by atoms with E-state index >= 15 is 0 Å². The Labute approximate surface area is 167 Å². The highest BCUT2D eigenvalue weighted by molar-refractivity contribution is 5.86. The number of piperidine rings is 1. The number of hydrogen-bond acceptors (Lipinski definition) is 5. The van der Waals surface area contributed by atoms with E-state index in [4.69, 9.17) is 15.2 Å². The van der Waals surface area contributed by atoms with Gasteiger partial charge in [0.2, 0.25) is 5.91 Å². The van der Waals surface area contributed by atoms with Crippen molar-refractivity contribution in [1.29, 1.82) is 0 Å². The summed E-state index contributed by atoms with van der Waals surface area (Å²) in [6.45, 7) is 2.90. The summed E-state index contributed by atoms with van der Waals surface area (Å²) in [5.74, 6) is 0.810. The molecular formula is C18H29Cl2N3O3. The number of nitrogens with one attached hydrogen (secondary N) is 1. The minimum absolute atomic E-state index is 0. The molecule has 2 aliphatic heterocycles. The molecule has 2 heterocycles. The predicted molar refractivity (Wildman–Crippen MR) is 108 cm³/mol. The molecule has 148 valence electrons. The molecule has 1 atom stereocenters. The number of anilines is 1. The van der Waals surface area contributed by atoms with Crippen molar-refractivity contribution in [3.8, 4) is 5.75 Å². The summed E-state index contributed by atoms with van der Waals surface area (Å²) < 4.78 is 10.6. The van der Waals surface area contributed by atoms with Crippen molar-refractivity contribution < 1.29 is 14.3 Å². The van der Waals surface area contributed by atoms with Crippen LogP contribution >= 0.6 is 24.8 Å². The SMILES string of the molecule is COc1cccc(N2CCCC(NC(=O)C3(N)CCOCC3)C2)c1.Cl.Cl. The second-order valence-corrected chi connectivity index (χ2v) is 6.73. The minimum atomic E-state index is -0.781. The van der Waals surface area contributed by atoms with Gasteiger partial charge in [0.15, 0.2) is 0 Å². The Hall–Kier alpha value is -1.21. The van der Waals surface area contributed by atoms with Crippen LogP contribution in [0.4, 0.5) is 5.69 Å². The highest BCUT2D eigenvalue weighted by atomic mass is 35.5. The molecule has 1 aromatic rings. The maximum absolute atomic E-state index is 12.6. The molecule has 26 heavy (non-hydrogen) atoms. The molecule has 1 unspecified atom stereocenters. The van der Waals surface area contributed by atoms with Crippen LogP contribution in [0.2, 0.25) is 0 Å². The fraction of sp³-hybridized carbons (Fsp3) is 0.611. The van der Waals surface area contributed by atoms with Crippen LogP contribution in [0.15, 0.2) is 24.3 Å². The van der Waals surface area contributed by atoms with Crippen LogP contribution < -0.4 is 20.7 Å². The molecule has 1 aromatic carbocycles. The Morgan fingerprint density at radius 1 is 1.35 bits per heavy atom. The Morgan fingerprint density at radius 3 is 2.77 bits per heavy atom. The van der Waals surface area contributed by atoms with Gasteiger partial charge in [-0.05, 0) is 37.8 Å². The van der Waals surface area contributed by atoms with E-state index in [1.54, 1.807) is 7.11 Å². The summed E-state index contributed by atoms with van der Waals surface area (Å²) in [4.78, 5) is 14.9. The lowest BCUT2D eigenvalue weighted by Crippen LogP contribution is -2.60. The summed E-state index contributed by atoms with van der Waals surface area (Å²) in [7, 11) is 1.67. The Bertz CT molecular complexity index is 583. The predicted octanol–water partition coefficient (Wildman–Crippen LogP) is 2.13. The molecule has 0 radical (unpaired) electrons. The van der Waals surface area contributed by atoms with E-state index in [0.29, 0.717) is 26.1 Å². The second-order valence-electron chi connectivity index (χ2n) is 6.73. The van der Waals surface area contributed by atoms with E-state index in [9.17, 15) is 4.79 Å². The minimum Gasteiger partial charge on any atom is -0.497 e. The second kappa shape index (κ2) is 10.2. The van der Waals surface area contributed by atoms with Crippen LogP contribution in [-0.2, 0) is 9.53 Å². The Morgan fingerprint density at radius 2 is 2.08 bits per heavy atom. The molecule has 0 aromatic heterocycles. The molecule has 0 aliphatic carbocycles. The molecule has 0 bridgehead atoms. The monoisotopic (exact) mass is 405 g/mol. The van der Waals surface area contributed by atoms with Crippen LogP contribution in [-0.4, -0.2) is 50.9 Å². The zero-order valence-electron chi connectivity index (χ0n) is 15.1. The van der Waals surface area contributed by atoms with Crippen molar-refractivity contribution in [1.82, 2.24) is 5.32 Å². The number of amides is 1. The number of benzene rings is 1. The third-order valence-corrected chi connectivity index (χ3v) is 5.01. The van der Waals surface area contributed by atoms with Gasteiger partial charge in [-0.2, -0.15) is 0 Å². The van der Waals surface area contributed by atoms with Crippen molar-refractivity contribution in [3.05, 3.63) is 24.3 Å². The first-order chi connectivity index (χ1) is 11.6. The number of carbonyl (C=O) groups excluding carboxylic acids is 1. The summed E-state index contributed by atoms with van der Waals surface area (Å²) in [6.07, 6.45) is 3.21. The maximum atomic E-state index is 12.6. The lowest BCUT2D eigenvalue weighted by molar-refractivity contribution is -0.130. The number of hydrogen-bond donors (Lipinski definition) is 2. The van der Waals surface area contributed by atoms with Crippen LogP contribution in [0.1, 0.15) is 25.7 Å². The van der Waals surface area contributed by atoms with Crippen molar-refractivity contribution in [3.63, 3.8) is 0 Å². The molecule has 8 heteroatoms. The van der Waals surface area contributed by atoms with E-state index < -0.39 is 5.54 Å². The fourth-order valence-corrected chi connectivity index (χ4v) is 3.43. The topological polar surface area (TPSA) is 76.8 Å². The lowest BCUT2D eigenvalue weighted by atomic mass is 9.89. The lowest BCUT2D eigenvalue weighted by Gasteiger charge is -2.38. The van der Waals surface area contributed by atoms with E-state index in [2.05, 4.69) is 16.3 Å². The molecule has 2 fully saturated rings. The zero-order valence-corrected chi connectivity index (χ0v) is 16.7. The fourth-order valence-electron chi connectivity index (χ4n) is 3.43. The molecule has 2 aliphatic rings. The third kappa shape index (κ3) is 5.39. The van der Waals surface area contributed by atoms with Crippen molar-refractivity contribution in [2.45, 2.75) is 37.3 Å². The highest BCUT2D eigenvalue weighted by Gasteiger charge is 2.37. The van der Waals surface area contributed by atoms with Gasteiger partial charge < -0.3 is 25.4 Å². The van der Waals surface area contributed by atoms with Gasteiger partial charge in [0, 0.05) is 44.1 Å². The Balaban J connectivity index is 0.00000169. The van der Waals surface area contributed by atoms with Crippen LogP contribution in [0, 0.1) is 0 Å². The largest absolute Gasteiger partial charge is 0.497 e. The normalized spacial score (nSPS) is 21.8. The molecule has 0 spiro atoms. The number of methoxy groups -OCH3 is 1. The number of halogens is 2. The molecule has 1 amide bonds. The van der Waals surface area contributed by atoms with Crippen molar-refractivity contribution >= 4 is 36.4 Å². The van der Waals surface area contributed by atoms with Gasteiger partial charge in [0.25, 0.3) is 0 Å².